The molecule has 5 nitrogen and oxygen atoms in total. The number of amides is 2. The maximum Gasteiger partial charge on any atom is 0.278 e. The van der Waals surface area contributed by atoms with Crippen molar-refractivity contribution in [2.24, 2.45) is 0 Å². The number of piperidine rings is 1. The summed E-state index contributed by atoms with van der Waals surface area (Å²) < 4.78 is 18.7. The molecule has 2 aromatic rings. The van der Waals surface area contributed by atoms with Crippen LogP contribution < -0.4 is 4.74 Å². The van der Waals surface area contributed by atoms with Gasteiger partial charge in [0, 0.05) is 18.7 Å². The number of hydrogen-bond acceptors (Lipinski definition) is 4. The zero-order valence-corrected chi connectivity index (χ0v) is 16.4. The lowest BCUT2D eigenvalue weighted by Gasteiger charge is -2.29. The summed E-state index contributed by atoms with van der Waals surface area (Å²) in [7, 11) is 1.55. The van der Waals surface area contributed by atoms with Gasteiger partial charge in [-0.15, -0.1) is 0 Å². The normalized spacial score (nSPS) is 17.3. The Bertz CT molecular complexity index is 962. The number of methoxy groups -OCH3 is 1. The molecule has 6 heteroatoms. The van der Waals surface area contributed by atoms with Gasteiger partial charge in [-0.1, -0.05) is 30.3 Å². The third-order valence-corrected chi connectivity index (χ3v) is 5.45. The molecule has 0 aliphatic carbocycles. The van der Waals surface area contributed by atoms with Crippen molar-refractivity contribution in [3.05, 3.63) is 71.2 Å². The first kappa shape index (κ1) is 19.2. The highest BCUT2D eigenvalue weighted by atomic mass is 19.1. The Morgan fingerprint density at radius 2 is 1.62 bits per heavy atom. The molecule has 1 saturated heterocycles. The molecule has 0 bridgehead atoms. The first-order valence-corrected chi connectivity index (χ1v) is 9.83. The molecule has 0 radical (unpaired) electrons. The van der Waals surface area contributed by atoms with Gasteiger partial charge in [-0.2, -0.15) is 0 Å². The lowest BCUT2D eigenvalue weighted by molar-refractivity contribution is -0.138. The van der Waals surface area contributed by atoms with Gasteiger partial charge in [0.2, 0.25) is 0 Å². The summed E-state index contributed by atoms with van der Waals surface area (Å²) in [5.41, 5.74) is 2.15. The average molecular weight is 394 g/mol. The molecule has 2 amide bonds. The quantitative estimate of drug-likeness (QED) is 0.727. The van der Waals surface area contributed by atoms with Gasteiger partial charge in [-0.3, -0.25) is 14.5 Å². The molecule has 0 N–H and O–H groups in total. The molecule has 0 spiro atoms. The fraction of sp³-hybridized carbons (Fsp3) is 0.304. The number of carbonyl (C=O) groups is 2. The Labute approximate surface area is 169 Å². The van der Waals surface area contributed by atoms with Crippen molar-refractivity contribution in [2.75, 3.05) is 20.2 Å². The van der Waals surface area contributed by atoms with Crippen molar-refractivity contribution >= 4 is 17.4 Å². The van der Waals surface area contributed by atoms with E-state index in [4.69, 9.17) is 4.74 Å². The minimum atomic E-state index is -0.352. The third-order valence-electron chi connectivity index (χ3n) is 5.45. The molecule has 2 heterocycles. The number of likely N-dealkylation sites (tertiary alicyclic amines) is 1. The van der Waals surface area contributed by atoms with Crippen molar-refractivity contribution < 1.29 is 18.7 Å². The summed E-state index contributed by atoms with van der Waals surface area (Å²) in [6.07, 6.45) is 3.10. The number of imide groups is 1. The molecule has 0 aromatic heterocycles. The molecule has 1 fully saturated rings. The molecular formula is C23H23FN2O3. The smallest absolute Gasteiger partial charge is 0.278 e. The Morgan fingerprint density at radius 3 is 2.31 bits per heavy atom. The van der Waals surface area contributed by atoms with Gasteiger partial charge in [0.15, 0.2) is 0 Å². The van der Waals surface area contributed by atoms with Crippen LogP contribution in [-0.2, 0) is 16.1 Å². The van der Waals surface area contributed by atoms with Crippen LogP contribution >= 0.6 is 0 Å². The molecular weight excluding hydrogens is 371 g/mol. The number of rotatable bonds is 5. The largest absolute Gasteiger partial charge is 0.496 e. The van der Waals surface area contributed by atoms with E-state index in [-0.39, 0.29) is 24.2 Å². The van der Waals surface area contributed by atoms with Gasteiger partial charge in [0.1, 0.15) is 17.3 Å². The van der Waals surface area contributed by atoms with E-state index < -0.39 is 0 Å². The van der Waals surface area contributed by atoms with Gasteiger partial charge in [-0.25, -0.2) is 4.39 Å². The Morgan fingerprint density at radius 1 is 0.931 bits per heavy atom. The summed E-state index contributed by atoms with van der Waals surface area (Å²) in [5.74, 6) is -0.442. The van der Waals surface area contributed by atoms with Gasteiger partial charge < -0.3 is 9.64 Å². The molecule has 2 aromatic carbocycles. The monoisotopic (exact) mass is 394 g/mol. The summed E-state index contributed by atoms with van der Waals surface area (Å²) in [5, 5.41) is 0. The maximum atomic E-state index is 13.4. The SMILES string of the molecule is COc1ccccc1C1=C(N2CCCCC2)C(=O)N(Cc2ccc(F)cc2)C1=O. The first-order valence-electron chi connectivity index (χ1n) is 9.83. The predicted octanol–water partition coefficient (Wildman–Crippen LogP) is 3.60. The van der Waals surface area contributed by atoms with Crippen molar-refractivity contribution in [1.29, 1.82) is 0 Å². The third kappa shape index (κ3) is 3.62. The lowest BCUT2D eigenvalue weighted by atomic mass is 10.0. The van der Waals surface area contributed by atoms with E-state index in [1.54, 1.807) is 25.3 Å². The van der Waals surface area contributed by atoms with E-state index in [9.17, 15) is 14.0 Å². The highest BCUT2D eigenvalue weighted by Gasteiger charge is 2.42. The molecule has 4 rings (SSSR count). The van der Waals surface area contributed by atoms with Crippen LogP contribution in [0.2, 0.25) is 0 Å². The van der Waals surface area contributed by atoms with Crippen molar-refractivity contribution in [3.8, 4) is 5.75 Å². The number of ether oxygens (including phenoxy) is 1. The summed E-state index contributed by atoms with van der Waals surface area (Å²) in [6.45, 7) is 1.60. The van der Waals surface area contributed by atoms with E-state index in [1.165, 1.54) is 17.0 Å². The van der Waals surface area contributed by atoms with Gasteiger partial charge in [0.25, 0.3) is 11.8 Å². The van der Waals surface area contributed by atoms with Gasteiger partial charge in [-0.05, 0) is 43.0 Å². The molecule has 0 saturated carbocycles. The number of hydrogen-bond donors (Lipinski definition) is 0. The van der Waals surface area contributed by atoms with Gasteiger partial charge in [0.05, 0.1) is 19.2 Å². The van der Waals surface area contributed by atoms with E-state index >= 15 is 0 Å². The minimum absolute atomic E-state index is 0.105. The van der Waals surface area contributed by atoms with Crippen LogP contribution in [0.4, 0.5) is 4.39 Å². The number of benzene rings is 2. The average Bonchev–Trinajstić information content (AvgIpc) is 3.00. The highest BCUT2D eigenvalue weighted by Crippen LogP contribution is 2.37. The number of nitrogens with zero attached hydrogens (tertiary/aromatic N) is 2. The minimum Gasteiger partial charge on any atom is -0.496 e. The maximum absolute atomic E-state index is 13.4. The highest BCUT2D eigenvalue weighted by molar-refractivity contribution is 6.35. The molecule has 0 unspecified atom stereocenters. The standard InChI is InChI=1S/C23H23FN2O3/c1-29-19-8-4-3-7-18(19)20-21(25-13-5-2-6-14-25)23(28)26(22(20)27)15-16-9-11-17(24)12-10-16/h3-4,7-12H,2,5-6,13-15H2,1H3. The molecule has 2 aliphatic rings. The van der Waals surface area contributed by atoms with E-state index in [1.807, 2.05) is 23.1 Å². The van der Waals surface area contributed by atoms with Crippen LogP contribution in [0.3, 0.4) is 0 Å². The van der Waals surface area contributed by atoms with Crippen molar-refractivity contribution in [2.45, 2.75) is 25.8 Å². The summed E-state index contributed by atoms with van der Waals surface area (Å²) >= 11 is 0. The van der Waals surface area contributed by atoms with Crippen LogP contribution in [-0.4, -0.2) is 41.8 Å². The van der Waals surface area contributed by atoms with E-state index in [2.05, 4.69) is 0 Å². The Hall–Kier alpha value is -3.15. The second kappa shape index (κ2) is 8.07. The van der Waals surface area contributed by atoms with Crippen molar-refractivity contribution in [3.63, 3.8) is 0 Å². The topological polar surface area (TPSA) is 49.9 Å². The Kier molecular flexibility index (Phi) is 5.34. The molecule has 2 aliphatic heterocycles. The molecule has 29 heavy (non-hydrogen) atoms. The van der Waals surface area contributed by atoms with E-state index in [0.717, 1.165) is 32.4 Å². The number of halogens is 1. The van der Waals surface area contributed by atoms with Gasteiger partial charge >= 0.3 is 0 Å². The first-order chi connectivity index (χ1) is 14.1. The zero-order valence-electron chi connectivity index (χ0n) is 16.4. The Balaban J connectivity index is 1.76. The lowest BCUT2D eigenvalue weighted by Crippen LogP contribution is -2.36. The van der Waals surface area contributed by atoms with Crippen LogP contribution in [0.25, 0.3) is 5.57 Å². The molecule has 150 valence electrons. The fourth-order valence-electron chi connectivity index (χ4n) is 3.98. The van der Waals surface area contributed by atoms with Crippen molar-refractivity contribution in [1.82, 2.24) is 9.80 Å². The van der Waals surface area contributed by atoms with Crippen LogP contribution in [0, 0.1) is 5.82 Å². The molecule has 0 atom stereocenters. The number of carbonyl (C=O) groups excluding carboxylic acids is 2. The second-order valence-electron chi connectivity index (χ2n) is 7.29. The number of para-hydroxylation sites is 1. The van der Waals surface area contributed by atoms with Crippen LogP contribution in [0.15, 0.2) is 54.2 Å². The second-order valence-corrected chi connectivity index (χ2v) is 7.29. The fourth-order valence-corrected chi connectivity index (χ4v) is 3.98. The van der Waals surface area contributed by atoms with Crippen LogP contribution in [0.1, 0.15) is 30.4 Å². The van der Waals surface area contributed by atoms with E-state index in [0.29, 0.717) is 28.1 Å². The zero-order chi connectivity index (χ0) is 20.4. The summed E-state index contributed by atoms with van der Waals surface area (Å²) in [6, 6.07) is 13.1. The summed E-state index contributed by atoms with van der Waals surface area (Å²) in [4.78, 5) is 30.0. The predicted molar refractivity (Wildman–Crippen MR) is 107 cm³/mol. The van der Waals surface area contributed by atoms with Crippen LogP contribution in [0.5, 0.6) is 5.75 Å².